The maximum Gasteiger partial charge on any atom is 0.321 e. The van der Waals surface area contributed by atoms with Crippen molar-refractivity contribution in [3.05, 3.63) is 63.7 Å². The lowest BCUT2D eigenvalue weighted by atomic mass is 10.1. The Morgan fingerprint density at radius 2 is 1.73 bits per heavy atom. The lowest BCUT2D eigenvalue weighted by Gasteiger charge is -2.35. The third-order valence-electron chi connectivity index (χ3n) is 4.74. The quantitative estimate of drug-likeness (QED) is 0.675. The van der Waals surface area contributed by atoms with Crippen molar-refractivity contribution in [1.82, 2.24) is 4.90 Å². The van der Waals surface area contributed by atoms with Gasteiger partial charge in [-0.05, 0) is 43.2 Å². The molecule has 0 spiro atoms. The zero-order valence-corrected chi connectivity index (χ0v) is 14.9. The van der Waals surface area contributed by atoms with Gasteiger partial charge in [0.2, 0.25) is 0 Å². The molecule has 1 heterocycles. The Labute approximate surface area is 152 Å². The minimum absolute atomic E-state index is 0.0977. The van der Waals surface area contributed by atoms with Crippen LogP contribution < -0.4 is 10.2 Å². The third-order valence-corrected chi connectivity index (χ3v) is 4.74. The molecule has 0 radical (unpaired) electrons. The number of carbonyl (C=O) groups is 1. The van der Waals surface area contributed by atoms with E-state index in [0.29, 0.717) is 31.9 Å². The molecular formula is C19H22N4O3. The van der Waals surface area contributed by atoms with Gasteiger partial charge < -0.3 is 15.1 Å². The first kappa shape index (κ1) is 17.7. The van der Waals surface area contributed by atoms with Crippen LogP contribution in [0, 0.1) is 24.0 Å². The first-order valence-electron chi connectivity index (χ1n) is 8.57. The van der Waals surface area contributed by atoms with E-state index in [1.807, 2.05) is 36.9 Å². The van der Waals surface area contributed by atoms with Gasteiger partial charge in [-0.25, -0.2) is 4.79 Å². The standard InChI is InChI=1S/C19H22N4O3/c1-14-7-8-16(13-15(14)2)20-19(24)22-11-9-21(10-12-22)17-5-3-4-6-18(17)23(25)26/h3-8,13H,9-12H2,1-2H3,(H,20,24). The SMILES string of the molecule is Cc1ccc(NC(=O)N2CCN(c3ccccc3[N+](=O)[O-])CC2)cc1C. The van der Waals surface area contributed by atoms with Gasteiger partial charge in [0.1, 0.15) is 5.69 Å². The summed E-state index contributed by atoms with van der Waals surface area (Å²) in [7, 11) is 0. The third kappa shape index (κ3) is 3.77. The van der Waals surface area contributed by atoms with E-state index >= 15 is 0 Å². The molecule has 2 aromatic rings. The molecule has 136 valence electrons. The molecule has 2 aromatic carbocycles. The maximum absolute atomic E-state index is 12.5. The molecule has 0 unspecified atom stereocenters. The number of nitro groups is 1. The highest BCUT2D eigenvalue weighted by Gasteiger charge is 2.25. The molecule has 2 amide bonds. The number of nitrogens with one attached hydrogen (secondary N) is 1. The molecule has 1 fully saturated rings. The van der Waals surface area contributed by atoms with Crippen LogP contribution in [0.15, 0.2) is 42.5 Å². The topological polar surface area (TPSA) is 78.7 Å². The van der Waals surface area contributed by atoms with Gasteiger partial charge in [0, 0.05) is 37.9 Å². The van der Waals surface area contributed by atoms with Crippen LogP contribution >= 0.6 is 0 Å². The highest BCUT2D eigenvalue weighted by molar-refractivity contribution is 5.89. The molecule has 26 heavy (non-hydrogen) atoms. The van der Waals surface area contributed by atoms with Crippen LogP contribution in [-0.4, -0.2) is 42.0 Å². The second-order valence-corrected chi connectivity index (χ2v) is 6.45. The van der Waals surface area contributed by atoms with Crippen molar-refractivity contribution in [1.29, 1.82) is 0 Å². The van der Waals surface area contributed by atoms with Crippen LogP contribution in [0.25, 0.3) is 0 Å². The molecule has 0 aromatic heterocycles. The van der Waals surface area contributed by atoms with Crippen molar-refractivity contribution >= 4 is 23.1 Å². The molecule has 0 aliphatic carbocycles. The highest BCUT2D eigenvalue weighted by Crippen LogP contribution is 2.28. The zero-order chi connectivity index (χ0) is 18.7. The molecule has 1 saturated heterocycles. The number of nitro benzene ring substituents is 1. The Morgan fingerprint density at radius 1 is 1.04 bits per heavy atom. The Bertz CT molecular complexity index is 829. The number of anilines is 2. The van der Waals surface area contributed by atoms with E-state index in [0.717, 1.165) is 11.3 Å². The number of hydrogen-bond donors (Lipinski definition) is 1. The summed E-state index contributed by atoms with van der Waals surface area (Å²) in [6.07, 6.45) is 0. The normalized spacial score (nSPS) is 14.2. The van der Waals surface area contributed by atoms with E-state index in [1.165, 1.54) is 11.6 Å². The van der Waals surface area contributed by atoms with Crippen LogP contribution in [0.4, 0.5) is 21.9 Å². The molecular weight excluding hydrogens is 332 g/mol. The number of carbonyl (C=O) groups excluding carboxylic acids is 1. The molecule has 0 atom stereocenters. The van der Waals surface area contributed by atoms with Crippen LogP contribution in [0.2, 0.25) is 0 Å². The summed E-state index contributed by atoms with van der Waals surface area (Å²) in [5, 5.41) is 14.1. The Morgan fingerprint density at radius 3 is 2.38 bits per heavy atom. The van der Waals surface area contributed by atoms with Crippen molar-refractivity contribution in [2.45, 2.75) is 13.8 Å². The number of amides is 2. The second-order valence-electron chi connectivity index (χ2n) is 6.45. The number of urea groups is 1. The molecule has 1 aliphatic rings. The summed E-state index contributed by atoms with van der Waals surface area (Å²) in [6.45, 7) is 6.20. The average Bonchev–Trinajstić information content (AvgIpc) is 2.65. The van der Waals surface area contributed by atoms with E-state index < -0.39 is 0 Å². The zero-order valence-electron chi connectivity index (χ0n) is 14.9. The summed E-state index contributed by atoms with van der Waals surface area (Å²) >= 11 is 0. The van der Waals surface area contributed by atoms with E-state index in [-0.39, 0.29) is 16.6 Å². The molecule has 7 heteroatoms. The van der Waals surface area contributed by atoms with Crippen molar-refractivity contribution in [3.63, 3.8) is 0 Å². The fourth-order valence-corrected chi connectivity index (χ4v) is 3.06. The number of piperazine rings is 1. The summed E-state index contributed by atoms with van der Waals surface area (Å²) in [5.41, 5.74) is 3.79. The minimum atomic E-state index is -0.367. The van der Waals surface area contributed by atoms with Crippen molar-refractivity contribution < 1.29 is 9.72 Å². The predicted octanol–water partition coefficient (Wildman–Crippen LogP) is 3.57. The van der Waals surface area contributed by atoms with Crippen LogP contribution in [0.5, 0.6) is 0 Å². The number of aryl methyl sites for hydroxylation is 2. The fourth-order valence-electron chi connectivity index (χ4n) is 3.06. The smallest absolute Gasteiger partial charge is 0.321 e. The molecule has 1 aliphatic heterocycles. The Balaban J connectivity index is 1.62. The van der Waals surface area contributed by atoms with Gasteiger partial charge in [-0.2, -0.15) is 0 Å². The van der Waals surface area contributed by atoms with E-state index in [2.05, 4.69) is 5.32 Å². The predicted molar refractivity (Wildman–Crippen MR) is 102 cm³/mol. The molecule has 7 nitrogen and oxygen atoms in total. The van der Waals surface area contributed by atoms with Crippen molar-refractivity contribution in [2.24, 2.45) is 0 Å². The van der Waals surface area contributed by atoms with Crippen LogP contribution in [-0.2, 0) is 0 Å². The largest absolute Gasteiger partial charge is 0.362 e. The monoisotopic (exact) mass is 354 g/mol. The number of benzene rings is 2. The number of para-hydroxylation sites is 2. The number of hydrogen-bond acceptors (Lipinski definition) is 4. The fraction of sp³-hybridized carbons (Fsp3) is 0.316. The minimum Gasteiger partial charge on any atom is -0.362 e. The van der Waals surface area contributed by atoms with Crippen LogP contribution in [0.1, 0.15) is 11.1 Å². The van der Waals surface area contributed by atoms with E-state index in [9.17, 15) is 14.9 Å². The van der Waals surface area contributed by atoms with E-state index in [1.54, 1.807) is 23.1 Å². The number of nitrogens with zero attached hydrogens (tertiary/aromatic N) is 3. The average molecular weight is 354 g/mol. The number of rotatable bonds is 3. The molecule has 0 bridgehead atoms. The van der Waals surface area contributed by atoms with E-state index in [4.69, 9.17) is 0 Å². The molecule has 0 saturated carbocycles. The summed E-state index contributed by atoms with van der Waals surface area (Å²) in [6, 6.07) is 12.4. The highest BCUT2D eigenvalue weighted by atomic mass is 16.6. The van der Waals surface area contributed by atoms with Crippen LogP contribution in [0.3, 0.4) is 0 Å². The first-order valence-corrected chi connectivity index (χ1v) is 8.57. The summed E-state index contributed by atoms with van der Waals surface area (Å²) < 4.78 is 0. The second kappa shape index (κ2) is 7.43. The van der Waals surface area contributed by atoms with Crippen molar-refractivity contribution in [2.75, 3.05) is 36.4 Å². The van der Waals surface area contributed by atoms with Gasteiger partial charge in [0.25, 0.3) is 5.69 Å². The maximum atomic E-state index is 12.5. The van der Waals surface area contributed by atoms with Crippen molar-refractivity contribution in [3.8, 4) is 0 Å². The lowest BCUT2D eigenvalue weighted by Crippen LogP contribution is -2.50. The molecule has 1 N–H and O–H groups in total. The Kier molecular flexibility index (Phi) is 5.06. The first-order chi connectivity index (χ1) is 12.5. The summed E-state index contributed by atoms with van der Waals surface area (Å²) in [4.78, 5) is 27.0. The van der Waals surface area contributed by atoms with Gasteiger partial charge in [-0.3, -0.25) is 10.1 Å². The lowest BCUT2D eigenvalue weighted by molar-refractivity contribution is -0.384. The van der Waals surface area contributed by atoms with Gasteiger partial charge in [0.05, 0.1) is 4.92 Å². The van der Waals surface area contributed by atoms with Gasteiger partial charge in [0.15, 0.2) is 0 Å². The van der Waals surface area contributed by atoms with Gasteiger partial charge in [-0.1, -0.05) is 18.2 Å². The summed E-state index contributed by atoms with van der Waals surface area (Å²) in [5.74, 6) is 0. The van der Waals surface area contributed by atoms with Gasteiger partial charge >= 0.3 is 6.03 Å². The molecule has 3 rings (SSSR count). The van der Waals surface area contributed by atoms with Gasteiger partial charge in [-0.15, -0.1) is 0 Å². The Hall–Kier alpha value is -3.09.